The second kappa shape index (κ2) is 15.3. The highest BCUT2D eigenvalue weighted by Gasteiger charge is 2.02. The van der Waals surface area contributed by atoms with Gasteiger partial charge in [0.2, 0.25) is 0 Å². The molecular weight excluding hydrogens is 264 g/mol. The van der Waals surface area contributed by atoms with E-state index in [2.05, 4.69) is 19.1 Å². The van der Waals surface area contributed by atoms with E-state index in [1.165, 1.54) is 6.42 Å². The summed E-state index contributed by atoms with van der Waals surface area (Å²) in [6.07, 6.45) is 16.5. The van der Waals surface area contributed by atoms with Crippen molar-refractivity contribution >= 4 is 11.8 Å². The molecule has 0 aromatic heterocycles. The number of hydrogen-bond acceptors (Lipinski definition) is 2. The Labute approximate surface area is 129 Å². The maximum atomic E-state index is 11.7. The van der Waals surface area contributed by atoms with E-state index in [4.69, 9.17) is 5.11 Å². The monoisotopic (exact) mass is 296 g/mol. The molecule has 1 N–H and O–H groups in total. The minimum atomic E-state index is -0.713. The molecule has 0 radical (unpaired) electrons. The first-order valence-electron chi connectivity index (χ1n) is 8.55. The molecule has 0 spiro atoms. The molecule has 122 valence electrons. The zero-order chi connectivity index (χ0) is 15.8. The van der Waals surface area contributed by atoms with Crippen LogP contribution in [0.2, 0.25) is 0 Å². The Bertz CT molecular complexity index is 295. The summed E-state index contributed by atoms with van der Waals surface area (Å²) < 4.78 is 0. The summed E-state index contributed by atoms with van der Waals surface area (Å²) in [5.74, 6) is -0.326. The fourth-order valence-electron chi connectivity index (χ4n) is 2.24. The molecule has 0 heterocycles. The van der Waals surface area contributed by atoms with E-state index < -0.39 is 5.97 Å². The first kappa shape index (κ1) is 19.9. The lowest BCUT2D eigenvalue weighted by molar-refractivity contribution is -0.137. The van der Waals surface area contributed by atoms with E-state index in [1.807, 2.05) is 0 Å². The Balaban J connectivity index is 3.25. The standard InChI is InChI=1S/C18H32O3/c1-2-3-4-5-6-8-11-14-17(19)15-12-9-7-10-13-16-18(20)21/h4-5H,2-3,6-16H2,1H3,(H,20,21)/b5-4+. The summed E-state index contributed by atoms with van der Waals surface area (Å²) in [6, 6.07) is 0. The van der Waals surface area contributed by atoms with E-state index in [-0.39, 0.29) is 6.42 Å². The van der Waals surface area contributed by atoms with Crippen LogP contribution in [0.1, 0.15) is 90.4 Å². The number of carboxylic acids is 1. The highest BCUT2D eigenvalue weighted by Crippen LogP contribution is 2.10. The first-order chi connectivity index (χ1) is 10.2. The van der Waals surface area contributed by atoms with Crippen molar-refractivity contribution in [3.63, 3.8) is 0 Å². The molecule has 0 aromatic carbocycles. The van der Waals surface area contributed by atoms with Crippen LogP contribution >= 0.6 is 0 Å². The van der Waals surface area contributed by atoms with Crippen molar-refractivity contribution in [2.45, 2.75) is 90.4 Å². The van der Waals surface area contributed by atoms with Gasteiger partial charge in [-0.2, -0.15) is 0 Å². The molecular formula is C18H32O3. The molecule has 0 unspecified atom stereocenters. The van der Waals surface area contributed by atoms with Gasteiger partial charge in [-0.1, -0.05) is 44.8 Å². The molecule has 0 bridgehead atoms. The van der Waals surface area contributed by atoms with Gasteiger partial charge in [0.1, 0.15) is 5.78 Å². The Morgan fingerprint density at radius 1 is 0.762 bits per heavy atom. The summed E-state index contributed by atoms with van der Waals surface area (Å²) in [5, 5.41) is 8.50. The van der Waals surface area contributed by atoms with Gasteiger partial charge in [-0.25, -0.2) is 0 Å². The molecule has 0 atom stereocenters. The number of carboxylic acid groups (broad SMARTS) is 1. The number of carbonyl (C=O) groups is 2. The molecule has 0 aliphatic carbocycles. The number of allylic oxidation sites excluding steroid dienone is 2. The topological polar surface area (TPSA) is 54.4 Å². The van der Waals surface area contributed by atoms with Gasteiger partial charge in [-0.15, -0.1) is 0 Å². The number of hydrogen-bond donors (Lipinski definition) is 1. The number of ketones is 1. The Hall–Kier alpha value is -1.12. The largest absolute Gasteiger partial charge is 0.481 e. The number of aliphatic carboxylic acids is 1. The molecule has 3 heteroatoms. The summed E-state index contributed by atoms with van der Waals surface area (Å²) in [7, 11) is 0. The molecule has 0 saturated carbocycles. The molecule has 0 aliphatic heterocycles. The molecule has 0 aromatic rings. The molecule has 0 amide bonds. The number of unbranched alkanes of at least 4 members (excludes halogenated alkanes) is 7. The summed E-state index contributed by atoms with van der Waals surface area (Å²) in [4.78, 5) is 22.0. The lowest BCUT2D eigenvalue weighted by atomic mass is 10.0. The van der Waals surface area contributed by atoms with Gasteiger partial charge in [0.25, 0.3) is 0 Å². The number of Topliss-reactive ketones (excluding diaryl/α,β-unsaturated/α-hetero) is 1. The minimum absolute atomic E-state index is 0.269. The highest BCUT2D eigenvalue weighted by molar-refractivity contribution is 5.78. The van der Waals surface area contributed by atoms with Gasteiger partial charge in [0.05, 0.1) is 0 Å². The van der Waals surface area contributed by atoms with Crippen LogP contribution in [0.25, 0.3) is 0 Å². The summed E-state index contributed by atoms with van der Waals surface area (Å²) >= 11 is 0. The SMILES string of the molecule is CCC/C=C/CCCCC(=O)CCCCCCCC(=O)O. The predicted octanol–water partition coefficient (Wildman–Crippen LogP) is 5.29. The molecule has 0 fully saturated rings. The minimum Gasteiger partial charge on any atom is -0.481 e. The van der Waals surface area contributed by atoms with E-state index in [1.54, 1.807) is 0 Å². The summed E-state index contributed by atoms with van der Waals surface area (Å²) in [6.45, 7) is 2.18. The van der Waals surface area contributed by atoms with Crippen LogP contribution in [0.15, 0.2) is 12.2 Å². The van der Waals surface area contributed by atoms with Gasteiger partial charge in [0.15, 0.2) is 0 Å². The van der Waals surface area contributed by atoms with Crippen LogP contribution in [0.5, 0.6) is 0 Å². The van der Waals surface area contributed by atoms with Crippen molar-refractivity contribution in [3.05, 3.63) is 12.2 Å². The highest BCUT2D eigenvalue weighted by atomic mass is 16.4. The molecule has 3 nitrogen and oxygen atoms in total. The van der Waals surface area contributed by atoms with E-state index >= 15 is 0 Å². The van der Waals surface area contributed by atoms with Gasteiger partial charge in [0, 0.05) is 19.3 Å². The Kier molecular flexibility index (Phi) is 14.5. The summed E-state index contributed by atoms with van der Waals surface area (Å²) in [5.41, 5.74) is 0. The van der Waals surface area contributed by atoms with Crippen LogP contribution in [0, 0.1) is 0 Å². The second-order valence-electron chi connectivity index (χ2n) is 5.71. The maximum absolute atomic E-state index is 11.7. The second-order valence-corrected chi connectivity index (χ2v) is 5.71. The first-order valence-corrected chi connectivity index (χ1v) is 8.55. The number of carbonyl (C=O) groups excluding carboxylic acids is 1. The molecule has 0 aliphatic rings. The molecule has 0 saturated heterocycles. The third-order valence-corrected chi connectivity index (χ3v) is 3.54. The Morgan fingerprint density at radius 2 is 1.29 bits per heavy atom. The van der Waals surface area contributed by atoms with Crippen molar-refractivity contribution in [2.24, 2.45) is 0 Å². The van der Waals surface area contributed by atoms with E-state index in [0.717, 1.165) is 64.2 Å². The molecule has 0 rings (SSSR count). The van der Waals surface area contributed by atoms with Crippen molar-refractivity contribution in [1.82, 2.24) is 0 Å². The van der Waals surface area contributed by atoms with E-state index in [9.17, 15) is 9.59 Å². The zero-order valence-electron chi connectivity index (χ0n) is 13.6. The van der Waals surface area contributed by atoms with Crippen LogP contribution in [-0.2, 0) is 9.59 Å². The normalized spacial score (nSPS) is 11.1. The van der Waals surface area contributed by atoms with Gasteiger partial charge in [-0.05, 0) is 38.5 Å². The van der Waals surface area contributed by atoms with Crippen LogP contribution in [0.4, 0.5) is 0 Å². The fourth-order valence-corrected chi connectivity index (χ4v) is 2.24. The lowest BCUT2D eigenvalue weighted by Crippen LogP contribution is -1.97. The van der Waals surface area contributed by atoms with Crippen molar-refractivity contribution < 1.29 is 14.7 Å². The number of rotatable bonds is 15. The quantitative estimate of drug-likeness (QED) is 0.330. The fraction of sp³-hybridized carbons (Fsp3) is 0.778. The van der Waals surface area contributed by atoms with Crippen molar-refractivity contribution in [2.75, 3.05) is 0 Å². The lowest BCUT2D eigenvalue weighted by Gasteiger charge is -2.01. The third kappa shape index (κ3) is 16.8. The maximum Gasteiger partial charge on any atom is 0.303 e. The Morgan fingerprint density at radius 3 is 1.90 bits per heavy atom. The van der Waals surface area contributed by atoms with Crippen LogP contribution < -0.4 is 0 Å². The average molecular weight is 296 g/mol. The zero-order valence-corrected chi connectivity index (χ0v) is 13.6. The van der Waals surface area contributed by atoms with Crippen LogP contribution in [0.3, 0.4) is 0 Å². The molecule has 21 heavy (non-hydrogen) atoms. The van der Waals surface area contributed by atoms with Crippen molar-refractivity contribution in [1.29, 1.82) is 0 Å². The predicted molar refractivity (Wildman–Crippen MR) is 87.5 cm³/mol. The van der Waals surface area contributed by atoms with Crippen LogP contribution in [-0.4, -0.2) is 16.9 Å². The third-order valence-electron chi connectivity index (χ3n) is 3.54. The van der Waals surface area contributed by atoms with Gasteiger partial charge in [-0.3, -0.25) is 9.59 Å². The van der Waals surface area contributed by atoms with Crippen molar-refractivity contribution in [3.8, 4) is 0 Å². The van der Waals surface area contributed by atoms with E-state index in [0.29, 0.717) is 12.2 Å². The van der Waals surface area contributed by atoms with Gasteiger partial charge >= 0.3 is 5.97 Å². The smallest absolute Gasteiger partial charge is 0.303 e. The average Bonchev–Trinajstić information content (AvgIpc) is 2.45. The van der Waals surface area contributed by atoms with Gasteiger partial charge < -0.3 is 5.11 Å².